The van der Waals surface area contributed by atoms with Crippen LogP contribution in [0.1, 0.15) is 57.8 Å². The highest BCUT2D eigenvalue weighted by Gasteiger charge is 2.52. The summed E-state index contributed by atoms with van der Waals surface area (Å²) in [5, 5.41) is 37.5. The smallest absolute Gasteiger partial charge is 0.321 e. The van der Waals surface area contributed by atoms with Crippen molar-refractivity contribution in [1.82, 2.24) is 0 Å². The van der Waals surface area contributed by atoms with Crippen LogP contribution >= 0.6 is 0 Å². The van der Waals surface area contributed by atoms with Crippen LogP contribution in [0.4, 0.5) is 0 Å². The Kier molecular flexibility index (Phi) is 5.39. The van der Waals surface area contributed by atoms with Gasteiger partial charge >= 0.3 is 23.9 Å². The summed E-state index contributed by atoms with van der Waals surface area (Å²) < 4.78 is 0. The summed E-state index contributed by atoms with van der Waals surface area (Å²) in [5.41, 5.74) is -3.57. The van der Waals surface area contributed by atoms with E-state index in [0.717, 1.165) is 0 Å². The van der Waals surface area contributed by atoms with E-state index in [9.17, 15) is 39.6 Å². The van der Waals surface area contributed by atoms with Gasteiger partial charge in [-0.15, -0.1) is 0 Å². The van der Waals surface area contributed by atoms with Crippen LogP contribution in [0.2, 0.25) is 0 Å². The third kappa shape index (κ3) is 3.48. The molecule has 0 aromatic heterocycles. The molecule has 0 bridgehead atoms. The number of carbonyl (C=O) groups is 4. The first-order valence-corrected chi connectivity index (χ1v) is 8.57. The molecule has 8 heteroatoms. The molecule has 140 valence electrons. The predicted octanol–water partition coefficient (Wildman–Crippen LogP) is 2.07. The Hall–Kier alpha value is -2.12. The van der Waals surface area contributed by atoms with Gasteiger partial charge < -0.3 is 20.4 Å². The van der Waals surface area contributed by atoms with Crippen molar-refractivity contribution in [2.45, 2.75) is 57.8 Å². The molecule has 2 rings (SSSR count). The van der Waals surface area contributed by atoms with Gasteiger partial charge in [-0.25, -0.2) is 0 Å². The number of hydrogen-bond donors (Lipinski definition) is 4. The molecule has 8 nitrogen and oxygen atoms in total. The van der Waals surface area contributed by atoms with Gasteiger partial charge in [-0.05, 0) is 43.9 Å². The van der Waals surface area contributed by atoms with Crippen molar-refractivity contribution >= 4 is 23.9 Å². The SMILES string of the molecule is O=C(O)C1(C(=O)O)CCCC(CC2CCCC(C(=O)O)(C(=O)O)C2)C1. The van der Waals surface area contributed by atoms with E-state index in [1.54, 1.807) is 0 Å². The van der Waals surface area contributed by atoms with Gasteiger partial charge in [0.1, 0.15) is 0 Å². The maximum absolute atomic E-state index is 11.5. The number of aliphatic carboxylic acids is 4. The average Bonchev–Trinajstić information content (AvgIpc) is 2.54. The van der Waals surface area contributed by atoms with Crippen molar-refractivity contribution in [3.63, 3.8) is 0 Å². The zero-order valence-electron chi connectivity index (χ0n) is 13.9. The summed E-state index contributed by atoms with van der Waals surface area (Å²) in [6.45, 7) is 0. The van der Waals surface area contributed by atoms with Crippen molar-refractivity contribution in [2.24, 2.45) is 22.7 Å². The molecule has 2 unspecified atom stereocenters. The minimum absolute atomic E-state index is 0.0152. The van der Waals surface area contributed by atoms with Crippen LogP contribution in [0, 0.1) is 22.7 Å². The Morgan fingerprint density at radius 3 is 1.28 bits per heavy atom. The van der Waals surface area contributed by atoms with E-state index in [0.29, 0.717) is 32.1 Å². The summed E-state index contributed by atoms with van der Waals surface area (Å²) in [7, 11) is 0. The van der Waals surface area contributed by atoms with Crippen molar-refractivity contribution < 1.29 is 39.6 Å². The Morgan fingerprint density at radius 1 is 0.680 bits per heavy atom. The van der Waals surface area contributed by atoms with Crippen LogP contribution in [0.5, 0.6) is 0 Å². The highest BCUT2D eigenvalue weighted by atomic mass is 16.4. The second kappa shape index (κ2) is 7.01. The fourth-order valence-corrected chi connectivity index (χ4v) is 4.61. The highest BCUT2D eigenvalue weighted by molar-refractivity contribution is 5.98. The quantitative estimate of drug-likeness (QED) is 0.528. The monoisotopic (exact) mass is 356 g/mol. The van der Waals surface area contributed by atoms with Crippen LogP contribution in [-0.4, -0.2) is 44.3 Å². The minimum atomic E-state index is -1.78. The first-order valence-electron chi connectivity index (χ1n) is 8.57. The van der Waals surface area contributed by atoms with E-state index in [4.69, 9.17) is 0 Å². The molecule has 0 aromatic carbocycles. The number of rotatable bonds is 6. The molecule has 2 aliphatic rings. The molecule has 2 atom stereocenters. The van der Waals surface area contributed by atoms with Crippen molar-refractivity contribution in [3.05, 3.63) is 0 Å². The Bertz CT molecular complexity index is 503. The standard InChI is InChI=1S/C17H24O8/c18-12(19)16(13(20)21)5-1-3-10(8-16)7-11-4-2-6-17(9-11,14(22)23)15(24)25/h10-11H,1-9H2,(H,18,19)(H,20,21)(H,22,23)(H,24,25). The fraction of sp³-hybridized carbons (Fsp3) is 0.765. The molecule has 2 aliphatic carbocycles. The summed E-state index contributed by atoms with van der Waals surface area (Å²) in [6, 6.07) is 0. The van der Waals surface area contributed by atoms with E-state index in [1.807, 2.05) is 0 Å². The van der Waals surface area contributed by atoms with E-state index in [1.165, 1.54) is 0 Å². The fourth-order valence-electron chi connectivity index (χ4n) is 4.61. The second-order valence-corrected chi connectivity index (χ2v) is 7.55. The Morgan fingerprint density at radius 2 is 1.00 bits per heavy atom. The van der Waals surface area contributed by atoms with Gasteiger partial charge in [-0.2, -0.15) is 0 Å². The van der Waals surface area contributed by atoms with Crippen LogP contribution in [0.15, 0.2) is 0 Å². The van der Waals surface area contributed by atoms with Crippen LogP contribution in [-0.2, 0) is 19.2 Å². The van der Waals surface area contributed by atoms with Gasteiger partial charge in [0.25, 0.3) is 0 Å². The van der Waals surface area contributed by atoms with Crippen molar-refractivity contribution in [1.29, 1.82) is 0 Å². The molecule has 25 heavy (non-hydrogen) atoms. The van der Waals surface area contributed by atoms with E-state index in [-0.39, 0.29) is 37.5 Å². The maximum atomic E-state index is 11.5. The lowest BCUT2D eigenvalue weighted by atomic mass is 9.63. The average molecular weight is 356 g/mol. The zero-order valence-corrected chi connectivity index (χ0v) is 13.9. The largest absolute Gasteiger partial charge is 0.480 e. The molecule has 0 aliphatic heterocycles. The first-order chi connectivity index (χ1) is 11.6. The normalized spacial score (nSPS) is 28.0. The van der Waals surface area contributed by atoms with E-state index in [2.05, 4.69) is 0 Å². The second-order valence-electron chi connectivity index (χ2n) is 7.55. The summed E-state index contributed by atoms with van der Waals surface area (Å²) in [6.07, 6.45) is 3.03. The van der Waals surface area contributed by atoms with Crippen LogP contribution in [0.25, 0.3) is 0 Å². The van der Waals surface area contributed by atoms with Crippen molar-refractivity contribution in [3.8, 4) is 0 Å². The van der Waals surface area contributed by atoms with Gasteiger partial charge in [0.15, 0.2) is 10.8 Å². The molecule has 2 fully saturated rings. The van der Waals surface area contributed by atoms with Gasteiger partial charge in [-0.1, -0.05) is 25.7 Å². The van der Waals surface area contributed by atoms with Gasteiger partial charge in [0, 0.05) is 0 Å². The Labute approximate surface area is 144 Å². The summed E-state index contributed by atoms with van der Waals surface area (Å²) >= 11 is 0. The van der Waals surface area contributed by atoms with Crippen LogP contribution < -0.4 is 0 Å². The molecular formula is C17H24O8. The molecule has 0 spiro atoms. The lowest BCUT2D eigenvalue weighted by Crippen LogP contribution is -2.45. The number of carboxylic acids is 4. The highest BCUT2D eigenvalue weighted by Crippen LogP contribution is 2.47. The molecule has 2 saturated carbocycles. The van der Waals surface area contributed by atoms with Crippen LogP contribution in [0.3, 0.4) is 0 Å². The van der Waals surface area contributed by atoms with E-state index < -0.39 is 34.7 Å². The minimum Gasteiger partial charge on any atom is -0.480 e. The number of carboxylic acid groups (broad SMARTS) is 4. The molecule has 0 radical (unpaired) electrons. The molecule has 4 N–H and O–H groups in total. The molecule has 0 heterocycles. The van der Waals surface area contributed by atoms with E-state index >= 15 is 0 Å². The predicted molar refractivity (Wildman–Crippen MR) is 83.9 cm³/mol. The maximum Gasteiger partial charge on any atom is 0.321 e. The molecule has 0 aromatic rings. The Balaban J connectivity index is 2.11. The van der Waals surface area contributed by atoms with Crippen molar-refractivity contribution in [2.75, 3.05) is 0 Å². The topological polar surface area (TPSA) is 149 Å². The molecule has 0 amide bonds. The first kappa shape index (κ1) is 19.2. The summed E-state index contributed by atoms with van der Waals surface area (Å²) in [4.78, 5) is 46.0. The molecular weight excluding hydrogens is 332 g/mol. The number of hydrogen-bond acceptors (Lipinski definition) is 4. The van der Waals surface area contributed by atoms with Gasteiger partial charge in [0.05, 0.1) is 0 Å². The lowest BCUT2D eigenvalue weighted by molar-refractivity contribution is -0.169. The third-order valence-electron chi connectivity index (χ3n) is 6.01. The lowest BCUT2D eigenvalue weighted by Gasteiger charge is -2.39. The molecule has 0 saturated heterocycles. The summed E-state index contributed by atoms with van der Waals surface area (Å²) in [5.74, 6) is -5.64. The van der Waals surface area contributed by atoms with Gasteiger partial charge in [0.2, 0.25) is 0 Å². The van der Waals surface area contributed by atoms with Gasteiger partial charge in [-0.3, -0.25) is 19.2 Å². The third-order valence-corrected chi connectivity index (χ3v) is 6.01. The zero-order chi connectivity index (χ0) is 18.8.